The van der Waals surface area contributed by atoms with Crippen molar-refractivity contribution in [2.75, 3.05) is 6.61 Å². The lowest BCUT2D eigenvalue weighted by atomic mass is 9.97. The fourth-order valence-corrected chi connectivity index (χ4v) is 3.99. The number of hydrogen-bond donors (Lipinski definition) is 1. The molecule has 10 nitrogen and oxygen atoms in total. The zero-order valence-electron chi connectivity index (χ0n) is 19.1. The van der Waals surface area contributed by atoms with Gasteiger partial charge in [-0.25, -0.2) is 13.2 Å². The summed E-state index contributed by atoms with van der Waals surface area (Å²) in [5.41, 5.74) is -1.58. The number of esters is 3. The quantitative estimate of drug-likeness (QED) is 0.130. The summed E-state index contributed by atoms with van der Waals surface area (Å²) in [6.07, 6.45) is -4.37. The molecular weight excluding hydrogens is 525 g/mol. The number of benzene rings is 1. The van der Waals surface area contributed by atoms with Crippen LogP contribution in [0.3, 0.4) is 0 Å². The largest absolute Gasteiger partial charge is 0.463 e. The molecule has 1 fully saturated rings. The predicted molar refractivity (Wildman–Crippen MR) is 108 cm³/mol. The summed E-state index contributed by atoms with van der Waals surface area (Å²) in [6.45, 7) is 3.50. The molecule has 5 unspecified atom stereocenters. The first-order valence-electron chi connectivity index (χ1n) is 9.99. The van der Waals surface area contributed by atoms with Crippen LogP contribution in [0.15, 0.2) is 0 Å². The second kappa shape index (κ2) is 12.2. The molecule has 0 spiro atoms. The molecule has 1 aromatic rings. The second-order valence-electron chi connectivity index (χ2n) is 7.30. The molecule has 1 aliphatic heterocycles. The van der Waals surface area contributed by atoms with Crippen molar-refractivity contribution in [3.05, 3.63) is 29.1 Å². The molecule has 0 aromatic heterocycles. The van der Waals surface area contributed by atoms with Gasteiger partial charge < -0.3 is 28.4 Å². The third-order valence-corrected chi connectivity index (χ3v) is 5.32. The molecule has 200 valence electrons. The minimum Gasteiger partial charge on any atom is -0.463 e. The molecule has 1 heterocycles. The van der Waals surface area contributed by atoms with Crippen molar-refractivity contribution < 1.29 is 64.3 Å². The number of ether oxygens (including phenoxy) is 4. The topological polar surface area (TPSA) is 126 Å². The van der Waals surface area contributed by atoms with Gasteiger partial charge in [0.05, 0.1) is 12.0 Å². The summed E-state index contributed by atoms with van der Waals surface area (Å²) in [4.78, 5) is 46.6. The maximum Gasteiger partial charge on any atom is 0.303 e. The molecule has 36 heavy (non-hydrogen) atoms. The molecule has 1 amide bonds. The van der Waals surface area contributed by atoms with Gasteiger partial charge in [-0.2, -0.15) is 8.78 Å². The van der Waals surface area contributed by atoms with Crippen LogP contribution in [-0.4, -0.2) is 60.2 Å². The van der Waals surface area contributed by atoms with Crippen LogP contribution >= 0.6 is 12.0 Å². The molecule has 0 bridgehead atoms. The zero-order valence-corrected chi connectivity index (χ0v) is 19.9. The van der Waals surface area contributed by atoms with Crippen molar-refractivity contribution in [1.82, 2.24) is 5.32 Å². The first kappa shape index (κ1) is 29.1. The van der Waals surface area contributed by atoms with E-state index in [1.54, 1.807) is 0 Å². The summed E-state index contributed by atoms with van der Waals surface area (Å²) in [5, 5.41) is 2.34. The third-order valence-electron chi connectivity index (χ3n) is 4.47. The highest BCUT2D eigenvalue weighted by atomic mass is 32.2. The second-order valence-corrected chi connectivity index (χ2v) is 8.12. The minimum absolute atomic E-state index is 0.00308. The van der Waals surface area contributed by atoms with Gasteiger partial charge in [-0.3, -0.25) is 19.2 Å². The molecule has 0 radical (unpaired) electrons. The minimum atomic E-state index is -2.41. The molecule has 5 atom stereocenters. The molecule has 1 N–H and O–H groups in total. The van der Waals surface area contributed by atoms with E-state index in [0.717, 1.165) is 27.7 Å². The normalized spacial score (nSPS) is 23.4. The Hall–Kier alpha value is -3.14. The van der Waals surface area contributed by atoms with Gasteiger partial charge in [0, 0.05) is 27.7 Å². The number of amides is 1. The molecule has 0 saturated carbocycles. The van der Waals surface area contributed by atoms with Gasteiger partial charge in [-0.15, -0.1) is 0 Å². The number of carbonyl (C=O) groups excluding carboxylic acids is 4. The number of halogens is 5. The average Bonchev–Trinajstić information content (AvgIpc) is 2.77. The molecule has 1 aromatic carbocycles. The van der Waals surface area contributed by atoms with Gasteiger partial charge in [-0.05, 0) is 0 Å². The van der Waals surface area contributed by atoms with Crippen molar-refractivity contribution in [2.45, 2.75) is 57.5 Å². The van der Waals surface area contributed by atoms with E-state index in [4.69, 9.17) is 23.1 Å². The molecule has 1 aliphatic rings. The lowest BCUT2D eigenvalue weighted by molar-refractivity contribution is -0.212. The Bertz CT molecular complexity index is 1010. The highest BCUT2D eigenvalue weighted by Gasteiger charge is 2.51. The van der Waals surface area contributed by atoms with Crippen LogP contribution in [0, 0.1) is 29.1 Å². The summed E-state index contributed by atoms with van der Waals surface area (Å²) >= 11 is -0.00308. The Balaban J connectivity index is 2.48. The number of rotatable bonds is 8. The Morgan fingerprint density at radius 1 is 0.806 bits per heavy atom. The molecular formula is C20H20F5NO9S. The van der Waals surface area contributed by atoms with Crippen LogP contribution in [-0.2, 0) is 38.1 Å². The van der Waals surface area contributed by atoms with Crippen LogP contribution in [0.1, 0.15) is 27.7 Å². The van der Waals surface area contributed by atoms with Crippen molar-refractivity contribution in [1.29, 1.82) is 0 Å². The SMILES string of the molecule is CC(=O)NC1C(SOc2c(F)c(F)c(F)c(F)c2F)OC(COC(C)=O)C(OC(C)=O)C1OC(C)=O. The van der Waals surface area contributed by atoms with Crippen molar-refractivity contribution in [3.8, 4) is 5.75 Å². The summed E-state index contributed by atoms with van der Waals surface area (Å²) < 4.78 is 94.1. The van der Waals surface area contributed by atoms with Crippen LogP contribution in [0.2, 0.25) is 0 Å². The van der Waals surface area contributed by atoms with Crippen molar-refractivity contribution in [2.24, 2.45) is 0 Å². The van der Waals surface area contributed by atoms with Crippen molar-refractivity contribution in [3.63, 3.8) is 0 Å². The van der Waals surface area contributed by atoms with E-state index in [2.05, 4.69) is 5.32 Å². The lowest BCUT2D eigenvalue weighted by Crippen LogP contribution is -2.65. The molecule has 0 aliphatic carbocycles. The van der Waals surface area contributed by atoms with Gasteiger partial charge in [0.15, 0.2) is 17.6 Å². The van der Waals surface area contributed by atoms with E-state index in [-0.39, 0.29) is 12.0 Å². The van der Waals surface area contributed by atoms with Gasteiger partial charge in [0.25, 0.3) is 0 Å². The first-order chi connectivity index (χ1) is 16.7. The van der Waals surface area contributed by atoms with Gasteiger partial charge in [-0.1, -0.05) is 0 Å². The smallest absolute Gasteiger partial charge is 0.303 e. The van der Waals surface area contributed by atoms with Crippen LogP contribution in [0.25, 0.3) is 0 Å². The fraction of sp³-hybridized carbons (Fsp3) is 0.500. The molecule has 16 heteroatoms. The van der Waals surface area contributed by atoms with E-state index in [1.165, 1.54) is 0 Å². The Morgan fingerprint density at radius 3 is 1.78 bits per heavy atom. The zero-order chi connectivity index (χ0) is 27.3. The highest BCUT2D eigenvalue weighted by Crippen LogP contribution is 2.37. The first-order valence-corrected chi connectivity index (χ1v) is 10.8. The maximum absolute atomic E-state index is 14.1. The van der Waals surface area contributed by atoms with E-state index in [0.29, 0.717) is 0 Å². The monoisotopic (exact) mass is 545 g/mol. The fourth-order valence-electron chi connectivity index (χ4n) is 3.13. The Labute approximate surface area is 204 Å². The predicted octanol–water partition coefficient (Wildman–Crippen LogP) is 2.07. The van der Waals surface area contributed by atoms with Gasteiger partial charge in [0.1, 0.15) is 18.8 Å². The highest BCUT2D eigenvalue weighted by molar-refractivity contribution is 7.95. The third kappa shape index (κ3) is 6.96. The van der Waals surface area contributed by atoms with Gasteiger partial charge >= 0.3 is 17.9 Å². The summed E-state index contributed by atoms with van der Waals surface area (Å²) in [7, 11) is 0. The number of hydrogen-bond acceptors (Lipinski definition) is 10. The standard InChI is InChI=1S/C20H20F5NO9S/c1-6(27)26-16-19(33-9(4)30)17(32-8(3)29)10(5-31-7(2)28)34-20(16)36-35-18-14(24)12(22)11(21)13(23)15(18)25/h10,16-17,19-20H,5H2,1-4H3,(H,26,27). The Kier molecular flexibility index (Phi) is 9.86. The van der Waals surface area contributed by atoms with E-state index in [9.17, 15) is 41.1 Å². The summed E-state index contributed by atoms with van der Waals surface area (Å²) in [5.74, 6) is -16.5. The number of carbonyl (C=O) groups is 4. The average molecular weight is 545 g/mol. The number of nitrogens with one attached hydrogen (secondary N) is 1. The van der Waals surface area contributed by atoms with E-state index >= 15 is 0 Å². The molecule has 1 saturated heterocycles. The van der Waals surface area contributed by atoms with Crippen LogP contribution in [0.4, 0.5) is 22.0 Å². The van der Waals surface area contributed by atoms with Crippen LogP contribution in [0.5, 0.6) is 5.75 Å². The Morgan fingerprint density at radius 2 is 1.31 bits per heavy atom. The van der Waals surface area contributed by atoms with Gasteiger partial charge in [0.2, 0.25) is 40.7 Å². The lowest BCUT2D eigenvalue weighted by Gasteiger charge is -2.44. The molecule has 2 rings (SSSR count). The van der Waals surface area contributed by atoms with E-state index in [1.807, 2.05) is 0 Å². The maximum atomic E-state index is 14.1. The van der Waals surface area contributed by atoms with Crippen LogP contribution < -0.4 is 9.50 Å². The summed E-state index contributed by atoms with van der Waals surface area (Å²) in [6, 6.07) is -1.45. The van der Waals surface area contributed by atoms with Crippen molar-refractivity contribution >= 4 is 35.9 Å². The van der Waals surface area contributed by atoms with E-state index < -0.39 is 95.0 Å².